The number of pyridine rings is 1. The smallest absolute Gasteiger partial charge is 0.290 e. The Balaban J connectivity index is 0.000000755. The van der Waals surface area contributed by atoms with Gasteiger partial charge in [-0.2, -0.15) is 0 Å². The van der Waals surface area contributed by atoms with E-state index in [1.165, 1.54) is 0 Å². The van der Waals surface area contributed by atoms with Crippen molar-refractivity contribution >= 4 is 12.4 Å². The van der Waals surface area contributed by atoms with Gasteiger partial charge in [-0.15, -0.1) is 0 Å². The van der Waals surface area contributed by atoms with Gasteiger partial charge in [0, 0.05) is 29.1 Å². The van der Waals surface area contributed by atoms with Crippen LogP contribution in [0, 0.1) is 13.8 Å². The standard InChI is InChI=1S/C21H22N4O.CH2O2/c1-14-20(24-15(2)23-14)16-6-5-7-17(12-16)21(26)25(19-9-10-19)13-18-8-3-4-11-22-18;2-1-3/h3-8,11-12,19H,9-10,13H2,1-2H3,(H,23,24);1H,(H,2,3). The third-order valence-electron chi connectivity index (χ3n) is 4.69. The summed E-state index contributed by atoms with van der Waals surface area (Å²) in [6.07, 6.45) is 3.90. The number of imidazole rings is 1. The number of amides is 1. The Morgan fingerprint density at radius 3 is 2.59 bits per heavy atom. The normalized spacial score (nSPS) is 12.6. The van der Waals surface area contributed by atoms with Crippen LogP contribution in [-0.2, 0) is 11.3 Å². The topological polar surface area (TPSA) is 99.2 Å². The number of aromatic nitrogens is 3. The van der Waals surface area contributed by atoms with Crippen molar-refractivity contribution in [2.45, 2.75) is 39.3 Å². The number of rotatable bonds is 5. The molecule has 0 radical (unpaired) electrons. The molecule has 0 aliphatic heterocycles. The molecule has 7 nitrogen and oxygen atoms in total. The van der Waals surface area contributed by atoms with Crippen LogP contribution < -0.4 is 0 Å². The number of aromatic amines is 1. The summed E-state index contributed by atoms with van der Waals surface area (Å²) >= 11 is 0. The molecule has 3 aromatic rings. The van der Waals surface area contributed by atoms with Crippen LogP contribution in [0.4, 0.5) is 0 Å². The van der Waals surface area contributed by atoms with Gasteiger partial charge in [-0.3, -0.25) is 14.6 Å². The average Bonchev–Trinajstić information content (AvgIpc) is 3.51. The molecule has 0 atom stereocenters. The maximum absolute atomic E-state index is 13.2. The lowest BCUT2D eigenvalue weighted by Crippen LogP contribution is -2.32. The average molecular weight is 392 g/mol. The minimum absolute atomic E-state index is 0.0601. The van der Waals surface area contributed by atoms with Crippen molar-refractivity contribution < 1.29 is 14.7 Å². The van der Waals surface area contributed by atoms with Crippen LogP contribution in [-0.4, -0.2) is 43.4 Å². The molecule has 0 bridgehead atoms. The number of hydrogen-bond donors (Lipinski definition) is 2. The van der Waals surface area contributed by atoms with Crippen LogP contribution >= 0.6 is 0 Å². The van der Waals surface area contributed by atoms with Gasteiger partial charge in [0.05, 0.1) is 17.9 Å². The summed E-state index contributed by atoms with van der Waals surface area (Å²) in [5, 5.41) is 6.89. The van der Waals surface area contributed by atoms with Crippen LogP contribution in [0.15, 0.2) is 48.7 Å². The van der Waals surface area contributed by atoms with Crippen molar-refractivity contribution in [3.63, 3.8) is 0 Å². The largest absolute Gasteiger partial charge is 0.483 e. The van der Waals surface area contributed by atoms with Gasteiger partial charge in [-0.05, 0) is 51.0 Å². The first-order valence-electron chi connectivity index (χ1n) is 9.46. The fraction of sp³-hybridized carbons (Fsp3) is 0.273. The van der Waals surface area contributed by atoms with E-state index >= 15 is 0 Å². The zero-order chi connectivity index (χ0) is 20.8. The quantitative estimate of drug-likeness (QED) is 0.647. The van der Waals surface area contributed by atoms with Crippen LogP contribution in [0.5, 0.6) is 0 Å². The summed E-state index contributed by atoms with van der Waals surface area (Å²) in [6.45, 7) is 4.24. The monoisotopic (exact) mass is 392 g/mol. The number of carbonyl (C=O) groups is 2. The van der Waals surface area contributed by atoms with Gasteiger partial charge in [-0.1, -0.05) is 18.2 Å². The molecule has 150 valence electrons. The summed E-state index contributed by atoms with van der Waals surface area (Å²) in [6, 6.07) is 13.9. The molecule has 0 spiro atoms. The number of nitrogens with one attached hydrogen (secondary N) is 1. The van der Waals surface area contributed by atoms with E-state index in [1.54, 1.807) is 6.20 Å². The van der Waals surface area contributed by atoms with E-state index < -0.39 is 0 Å². The Morgan fingerprint density at radius 1 is 1.24 bits per heavy atom. The Morgan fingerprint density at radius 2 is 2.00 bits per heavy atom. The lowest BCUT2D eigenvalue weighted by atomic mass is 10.1. The second kappa shape index (κ2) is 9.14. The molecule has 1 aromatic carbocycles. The Hall–Kier alpha value is -3.48. The molecule has 0 saturated heterocycles. The zero-order valence-electron chi connectivity index (χ0n) is 16.5. The highest BCUT2D eigenvalue weighted by Gasteiger charge is 2.33. The number of carbonyl (C=O) groups excluding carboxylic acids is 1. The molecule has 1 saturated carbocycles. The molecule has 7 heteroatoms. The Bertz CT molecular complexity index is 981. The van der Waals surface area contributed by atoms with E-state index in [2.05, 4.69) is 15.0 Å². The lowest BCUT2D eigenvalue weighted by molar-refractivity contribution is -0.122. The lowest BCUT2D eigenvalue weighted by Gasteiger charge is -2.22. The second-order valence-electron chi connectivity index (χ2n) is 6.97. The number of aryl methyl sites for hydroxylation is 2. The van der Waals surface area contributed by atoms with E-state index in [9.17, 15) is 4.79 Å². The Kier molecular flexibility index (Phi) is 6.39. The van der Waals surface area contributed by atoms with Gasteiger partial charge in [0.25, 0.3) is 12.4 Å². The van der Waals surface area contributed by atoms with Gasteiger partial charge in [-0.25, -0.2) is 4.98 Å². The van der Waals surface area contributed by atoms with E-state index in [1.807, 2.05) is 61.2 Å². The summed E-state index contributed by atoms with van der Waals surface area (Å²) < 4.78 is 0. The van der Waals surface area contributed by atoms with Gasteiger partial charge in [0.15, 0.2) is 0 Å². The first-order chi connectivity index (χ1) is 14.0. The van der Waals surface area contributed by atoms with Crippen molar-refractivity contribution in [1.82, 2.24) is 19.9 Å². The number of carboxylic acid groups (broad SMARTS) is 1. The number of H-pyrrole nitrogens is 1. The van der Waals surface area contributed by atoms with E-state index in [0.29, 0.717) is 18.2 Å². The van der Waals surface area contributed by atoms with Gasteiger partial charge in [0.2, 0.25) is 0 Å². The predicted molar refractivity (Wildman–Crippen MR) is 109 cm³/mol. The van der Waals surface area contributed by atoms with Gasteiger partial charge >= 0.3 is 0 Å². The number of benzene rings is 1. The molecule has 29 heavy (non-hydrogen) atoms. The molecule has 2 aromatic heterocycles. The van der Waals surface area contributed by atoms with Crippen LogP contribution in [0.3, 0.4) is 0 Å². The van der Waals surface area contributed by atoms with E-state index in [-0.39, 0.29) is 12.4 Å². The predicted octanol–water partition coefficient (Wildman–Crippen LogP) is 3.59. The van der Waals surface area contributed by atoms with Crippen molar-refractivity contribution in [3.05, 3.63) is 71.4 Å². The maximum Gasteiger partial charge on any atom is 0.290 e. The van der Waals surface area contributed by atoms with Crippen molar-refractivity contribution in [1.29, 1.82) is 0 Å². The Labute approximate surface area is 169 Å². The first-order valence-corrected chi connectivity index (χ1v) is 9.46. The van der Waals surface area contributed by atoms with E-state index in [0.717, 1.165) is 41.3 Å². The maximum atomic E-state index is 13.2. The minimum Gasteiger partial charge on any atom is -0.483 e. The third-order valence-corrected chi connectivity index (χ3v) is 4.69. The molecule has 1 aliphatic rings. The highest BCUT2D eigenvalue weighted by molar-refractivity contribution is 5.95. The third kappa shape index (κ3) is 5.07. The summed E-state index contributed by atoms with van der Waals surface area (Å²) in [4.78, 5) is 35.6. The van der Waals surface area contributed by atoms with Crippen molar-refractivity contribution in [2.24, 2.45) is 0 Å². The number of nitrogens with zero attached hydrogens (tertiary/aromatic N) is 3. The molecular weight excluding hydrogens is 368 g/mol. The van der Waals surface area contributed by atoms with Crippen LogP contribution in [0.1, 0.15) is 40.4 Å². The van der Waals surface area contributed by atoms with Crippen LogP contribution in [0.25, 0.3) is 11.3 Å². The molecule has 2 N–H and O–H groups in total. The molecule has 4 rings (SSSR count). The molecule has 2 heterocycles. The SMILES string of the molecule is Cc1nc(-c2cccc(C(=O)N(Cc3ccccn3)C3CC3)c2)c(C)[nH]1.O=CO. The molecule has 1 fully saturated rings. The zero-order valence-corrected chi connectivity index (χ0v) is 16.5. The highest BCUT2D eigenvalue weighted by Crippen LogP contribution is 2.30. The van der Waals surface area contributed by atoms with Gasteiger partial charge in [0.1, 0.15) is 5.82 Å². The van der Waals surface area contributed by atoms with Crippen LogP contribution in [0.2, 0.25) is 0 Å². The molecular formula is C22H24N4O3. The molecule has 1 aliphatic carbocycles. The molecule has 1 amide bonds. The first kappa shape index (κ1) is 20.3. The van der Waals surface area contributed by atoms with Crippen molar-refractivity contribution in [3.8, 4) is 11.3 Å². The summed E-state index contributed by atoms with van der Waals surface area (Å²) in [5.41, 5.74) is 4.50. The second-order valence-corrected chi connectivity index (χ2v) is 6.97. The highest BCUT2D eigenvalue weighted by atomic mass is 16.3. The summed E-state index contributed by atoms with van der Waals surface area (Å²) in [7, 11) is 0. The van der Waals surface area contributed by atoms with Gasteiger partial charge < -0.3 is 15.0 Å². The minimum atomic E-state index is -0.250. The van der Waals surface area contributed by atoms with Crippen molar-refractivity contribution in [2.75, 3.05) is 0 Å². The number of hydrogen-bond acceptors (Lipinski definition) is 4. The summed E-state index contributed by atoms with van der Waals surface area (Å²) in [5.74, 6) is 0.939. The fourth-order valence-electron chi connectivity index (χ4n) is 3.28. The molecule has 0 unspecified atom stereocenters. The fourth-order valence-corrected chi connectivity index (χ4v) is 3.28. The van der Waals surface area contributed by atoms with E-state index in [4.69, 9.17) is 9.90 Å².